The van der Waals surface area contributed by atoms with Crippen LogP contribution in [0.25, 0.3) is 0 Å². The van der Waals surface area contributed by atoms with Crippen LogP contribution in [0.3, 0.4) is 0 Å². The molecule has 0 bridgehead atoms. The number of aryl methyl sites for hydroxylation is 1. The molecule has 29 heavy (non-hydrogen) atoms. The number of thiazole rings is 1. The van der Waals surface area contributed by atoms with Gasteiger partial charge in [-0.25, -0.2) is 9.97 Å². The number of aliphatic carboxylic acids is 2. The Morgan fingerprint density at radius 2 is 2.03 bits per heavy atom. The summed E-state index contributed by atoms with van der Waals surface area (Å²) in [7, 11) is 1.34. The largest absolute Gasteiger partial charge is 0.481 e. The number of anilines is 2. The molecule has 158 valence electrons. The van der Waals surface area contributed by atoms with Gasteiger partial charge in [-0.2, -0.15) is 5.48 Å². The van der Waals surface area contributed by atoms with Gasteiger partial charge in [-0.3, -0.25) is 14.4 Å². The molecule has 0 saturated carbocycles. The molecule has 0 aliphatic heterocycles. The van der Waals surface area contributed by atoms with E-state index in [2.05, 4.69) is 25.6 Å². The molecule has 0 aliphatic carbocycles. The zero-order valence-corrected chi connectivity index (χ0v) is 16.7. The topological polar surface area (TPSA) is 177 Å². The quantitative estimate of drug-likeness (QED) is 0.371. The van der Waals surface area contributed by atoms with Crippen LogP contribution in [-0.4, -0.2) is 45.1 Å². The van der Waals surface area contributed by atoms with Crippen molar-refractivity contribution in [1.82, 2.24) is 15.4 Å². The fraction of sp³-hybridized carbons (Fsp3) is 0.353. The highest BCUT2D eigenvalue weighted by molar-refractivity contribution is 7.13. The van der Waals surface area contributed by atoms with Crippen LogP contribution in [0.5, 0.6) is 0 Å². The minimum absolute atomic E-state index is 0.00860. The van der Waals surface area contributed by atoms with Gasteiger partial charge in [0.25, 0.3) is 0 Å². The Hall–Kier alpha value is -3.09. The highest BCUT2D eigenvalue weighted by Gasteiger charge is 2.21. The van der Waals surface area contributed by atoms with Crippen LogP contribution in [0.4, 0.5) is 10.9 Å². The first kappa shape index (κ1) is 23.9. The fourth-order valence-electron chi connectivity index (χ4n) is 2.00. The van der Waals surface area contributed by atoms with Gasteiger partial charge in [-0.15, -0.1) is 11.3 Å². The molecule has 0 radical (unpaired) electrons. The molecule has 11 nitrogen and oxygen atoms in total. The van der Waals surface area contributed by atoms with Crippen LogP contribution >= 0.6 is 11.3 Å². The number of aromatic nitrogens is 2. The maximum atomic E-state index is 11.4. The van der Waals surface area contributed by atoms with Crippen molar-refractivity contribution in [2.24, 2.45) is 0 Å². The summed E-state index contributed by atoms with van der Waals surface area (Å²) >= 11 is 1.18. The lowest BCUT2D eigenvalue weighted by Gasteiger charge is -2.08. The Balaban J connectivity index is 0.000000296. The number of nitrogens with one attached hydrogen (secondary N) is 2. The molecule has 0 aromatic carbocycles. The number of nitrogen functional groups attached to an aromatic ring is 1. The van der Waals surface area contributed by atoms with Crippen molar-refractivity contribution in [2.45, 2.75) is 32.2 Å². The van der Waals surface area contributed by atoms with Crippen molar-refractivity contribution in [3.63, 3.8) is 0 Å². The molecule has 1 amide bonds. The summed E-state index contributed by atoms with van der Waals surface area (Å²) in [5.41, 5.74) is 9.01. The molecule has 0 fully saturated rings. The number of carboxylic acids is 2. The number of carbonyl (C=O) groups excluding carboxylic acids is 1. The Bertz CT molecular complexity index is 828. The third kappa shape index (κ3) is 9.60. The van der Waals surface area contributed by atoms with E-state index in [1.54, 1.807) is 17.6 Å². The number of carbonyl (C=O) groups is 3. The van der Waals surface area contributed by atoms with Crippen LogP contribution in [0.1, 0.15) is 36.6 Å². The highest BCUT2D eigenvalue weighted by atomic mass is 32.1. The Labute approximate surface area is 170 Å². The maximum Gasteiger partial charge on any atom is 0.329 e. The summed E-state index contributed by atoms with van der Waals surface area (Å²) < 4.78 is 0. The fourth-order valence-corrected chi connectivity index (χ4v) is 2.59. The third-order valence-electron chi connectivity index (χ3n) is 3.30. The molecule has 6 N–H and O–H groups in total. The van der Waals surface area contributed by atoms with Crippen molar-refractivity contribution in [3.05, 3.63) is 35.0 Å². The molecule has 2 heterocycles. The standard InChI is InChI=1S/C11H14N2O3.C6H9N3O3S/c1-8-5-6-12-9(7-8)13-10(14)3-2-4-11(15)16;1-12-9-4(5(10)11)3-2-13-6(7)8-3/h5-7H,2-4H2,1H3,(H,15,16)(H,12,13,14);2,4,9H,1H3,(H2,7,8)(H,10,11). The summed E-state index contributed by atoms with van der Waals surface area (Å²) in [5.74, 6) is -1.66. The number of nitrogens with two attached hydrogens (primary N) is 1. The molecular formula is C17H23N5O6S. The molecule has 2 aromatic rings. The number of rotatable bonds is 9. The zero-order chi connectivity index (χ0) is 21.8. The summed E-state index contributed by atoms with van der Waals surface area (Å²) in [6.07, 6.45) is 2.16. The summed E-state index contributed by atoms with van der Waals surface area (Å²) in [5, 5.41) is 21.7. The molecule has 2 rings (SSSR count). The van der Waals surface area contributed by atoms with E-state index < -0.39 is 18.0 Å². The van der Waals surface area contributed by atoms with E-state index in [-0.39, 0.29) is 18.7 Å². The van der Waals surface area contributed by atoms with Crippen molar-refractivity contribution in [2.75, 3.05) is 18.2 Å². The van der Waals surface area contributed by atoms with Crippen LogP contribution in [0.15, 0.2) is 23.7 Å². The molecule has 12 heteroatoms. The minimum atomic E-state index is -1.06. The molecule has 2 aromatic heterocycles. The predicted octanol–water partition coefficient (Wildman–Crippen LogP) is 1.59. The summed E-state index contributed by atoms with van der Waals surface area (Å²) in [6.45, 7) is 1.90. The van der Waals surface area contributed by atoms with Crippen LogP contribution in [0, 0.1) is 6.92 Å². The van der Waals surface area contributed by atoms with Gasteiger partial charge >= 0.3 is 11.9 Å². The molecule has 0 saturated heterocycles. The lowest BCUT2D eigenvalue weighted by molar-refractivity contribution is -0.143. The third-order valence-corrected chi connectivity index (χ3v) is 3.99. The first-order valence-corrected chi connectivity index (χ1v) is 9.27. The number of hydroxylamine groups is 1. The lowest BCUT2D eigenvalue weighted by Crippen LogP contribution is -2.27. The summed E-state index contributed by atoms with van der Waals surface area (Å²) in [6, 6.07) is 2.62. The number of hydrogen-bond acceptors (Lipinski definition) is 9. The second-order valence-electron chi connectivity index (χ2n) is 5.72. The normalized spacial score (nSPS) is 11.1. The smallest absolute Gasteiger partial charge is 0.329 e. The zero-order valence-electron chi connectivity index (χ0n) is 15.9. The van der Waals surface area contributed by atoms with Gasteiger partial charge in [-0.1, -0.05) is 0 Å². The van der Waals surface area contributed by atoms with Gasteiger partial charge in [0, 0.05) is 24.4 Å². The first-order chi connectivity index (χ1) is 13.7. The average molecular weight is 425 g/mol. The molecular weight excluding hydrogens is 402 g/mol. The Morgan fingerprint density at radius 3 is 2.55 bits per heavy atom. The van der Waals surface area contributed by atoms with Crippen LogP contribution < -0.4 is 16.5 Å². The van der Waals surface area contributed by atoms with Crippen molar-refractivity contribution < 1.29 is 29.4 Å². The predicted molar refractivity (Wildman–Crippen MR) is 106 cm³/mol. The van der Waals surface area contributed by atoms with Gasteiger partial charge in [-0.05, 0) is 31.0 Å². The van der Waals surface area contributed by atoms with E-state index in [1.165, 1.54) is 18.4 Å². The lowest BCUT2D eigenvalue weighted by atomic mass is 10.2. The number of carboxylic acid groups (broad SMARTS) is 2. The summed E-state index contributed by atoms with van der Waals surface area (Å²) in [4.78, 5) is 44.6. The van der Waals surface area contributed by atoms with Crippen LogP contribution in [-0.2, 0) is 19.2 Å². The van der Waals surface area contributed by atoms with Crippen molar-refractivity contribution >= 4 is 40.1 Å². The second kappa shape index (κ2) is 12.4. The van der Waals surface area contributed by atoms with E-state index in [0.29, 0.717) is 23.1 Å². The SMILES string of the molecule is CONC(C(=O)O)c1csc(N)n1.Cc1ccnc(NC(=O)CCCC(=O)O)c1. The van der Waals surface area contributed by atoms with Gasteiger partial charge < -0.3 is 26.1 Å². The second-order valence-corrected chi connectivity index (χ2v) is 6.61. The molecule has 0 spiro atoms. The highest BCUT2D eigenvalue weighted by Crippen LogP contribution is 2.18. The van der Waals surface area contributed by atoms with Crippen molar-refractivity contribution in [1.29, 1.82) is 0 Å². The van der Waals surface area contributed by atoms with Gasteiger partial charge in [0.05, 0.1) is 12.8 Å². The van der Waals surface area contributed by atoms with E-state index in [9.17, 15) is 14.4 Å². The van der Waals surface area contributed by atoms with Gasteiger partial charge in [0.1, 0.15) is 5.82 Å². The minimum Gasteiger partial charge on any atom is -0.481 e. The van der Waals surface area contributed by atoms with E-state index >= 15 is 0 Å². The average Bonchev–Trinajstić information content (AvgIpc) is 3.05. The van der Waals surface area contributed by atoms with Gasteiger partial charge in [0.15, 0.2) is 11.2 Å². The van der Waals surface area contributed by atoms with Crippen LogP contribution in [0.2, 0.25) is 0 Å². The Kier molecular flexibility index (Phi) is 10.2. The molecule has 0 aliphatic rings. The van der Waals surface area contributed by atoms with Crippen molar-refractivity contribution in [3.8, 4) is 0 Å². The van der Waals surface area contributed by atoms with E-state index in [1.807, 2.05) is 13.0 Å². The first-order valence-electron chi connectivity index (χ1n) is 8.39. The maximum absolute atomic E-state index is 11.4. The molecule has 1 unspecified atom stereocenters. The number of nitrogens with zero attached hydrogens (tertiary/aromatic N) is 2. The molecule has 1 atom stereocenters. The van der Waals surface area contributed by atoms with E-state index in [4.69, 9.17) is 15.9 Å². The Morgan fingerprint density at radius 1 is 1.31 bits per heavy atom. The van der Waals surface area contributed by atoms with E-state index in [0.717, 1.165) is 5.56 Å². The monoisotopic (exact) mass is 425 g/mol. The number of amides is 1. The number of hydrogen-bond donors (Lipinski definition) is 5. The number of pyridine rings is 1. The van der Waals surface area contributed by atoms with Gasteiger partial charge in [0.2, 0.25) is 5.91 Å².